The summed E-state index contributed by atoms with van der Waals surface area (Å²) in [6.45, 7) is 5.13. The molecule has 1 amide bonds. The van der Waals surface area contributed by atoms with Gasteiger partial charge in [0.05, 0.1) is 4.88 Å². The van der Waals surface area contributed by atoms with Gasteiger partial charge in [-0.3, -0.25) is 4.79 Å². The topological polar surface area (TPSA) is 20.3 Å². The first-order chi connectivity index (χ1) is 9.71. The van der Waals surface area contributed by atoms with Crippen molar-refractivity contribution in [3.8, 4) is 0 Å². The van der Waals surface area contributed by atoms with Crippen molar-refractivity contribution in [2.45, 2.75) is 44.9 Å². The van der Waals surface area contributed by atoms with Gasteiger partial charge >= 0.3 is 0 Å². The lowest BCUT2D eigenvalue weighted by Crippen LogP contribution is -2.40. The van der Waals surface area contributed by atoms with E-state index in [0.29, 0.717) is 6.04 Å². The molecular formula is C15H22BrNOS2. The van der Waals surface area contributed by atoms with Crippen LogP contribution in [-0.4, -0.2) is 34.5 Å². The molecule has 0 saturated carbocycles. The van der Waals surface area contributed by atoms with Crippen molar-refractivity contribution in [2.75, 3.05) is 17.6 Å². The summed E-state index contributed by atoms with van der Waals surface area (Å²) in [7, 11) is 0. The SMILES string of the molecule is CCC(CC)N(CCBr)C(=O)c1cc2c(s1)CCSC2. The highest BCUT2D eigenvalue weighted by Gasteiger charge is 2.25. The third kappa shape index (κ3) is 3.60. The molecule has 1 aromatic heterocycles. The van der Waals surface area contributed by atoms with Gasteiger partial charge in [0.2, 0.25) is 0 Å². The van der Waals surface area contributed by atoms with E-state index in [9.17, 15) is 4.79 Å². The van der Waals surface area contributed by atoms with Gasteiger partial charge in [-0.2, -0.15) is 11.8 Å². The number of nitrogens with zero attached hydrogens (tertiary/aromatic N) is 1. The summed E-state index contributed by atoms with van der Waals surface area (Å²) in [5, 5.41) is 0.843. The van der Waals surface area contributed by atoms with Gasteiger partial charge in [-0.15, -0.1) is 11.3 Å². The van der Waals surface area contributed by atoms with Crippen LogP contribution in [0.3, 0.4) is 0 Å². The van der Waals surface area contributed by atoms with Gasteiger partial charge in [-0.25, -0.2) is 0 Å². The molecule has 2 nitrogen and oxygen atoms in total. The second-order valence-corrected chi connectivity index (χ2v) is 8.05. The summed E-state index contributed by atoms with van der Waals surface area (Å²) in [6, 6.07) is 2.49. The molecule has 1 aliphatic heterocycles. The van der Waals surface area contributed by atoms with Crippen molar-refractivity contribution >= 4 is 44.9 Å². The molecular weight excluding hydrogens is 354 g/mol. The first-order valence-electron chi connectivity index (χ1n) is 7.27. The number of thioether (sulfide) groups is 1. The van der Waals surface area contributed by atoms with E-state index >= 15 is 0 Å². The van der Waals surface area contributed by atoms with Gasteiger partial charge in [-0.1, -0.05) is 29.8 Å². The molecule has 2 heterocycles. The fraction of sp³-hybridized carbons (Fsp3) is 0.667. The summed E-state index contributed by atoms with van der Waals surface area (Å²) in [5.74, 6) is 2.49. The molecule has 20 heavy (non-hydrogen) atoms. The maximum Gasteiger partial charge on any atom is 0.264 e. The van der Waals surface area contributed by atoms with E-state index in [1.807, 2.05) is 11.8 Å². The Morgan fingerprint density at radius 3 is 2.80 bits per heavy atom. The average molecular weight is 376 g/mol. The highest BCUT2D eigenvalue weighted by atomic mass is 79.9. The Morgan fingerprint density at radius 2 is 2.20 bits per heavy atom. The standard InChI is InChI=1S/C15H22BrNOS2/c1-3-12(4-2)17(7-6-16)15(18)14-9-11-10-19-8-5-13(11)20-14/h9,12H,3-8,10H2,1-2H3. The molecule has 0 fully saturated rings. The smallest absolute Gasteiger partial charge is 0.264 e. The zero-order valence-electron chi connectivity index (χ0n) is 12.2. The normalized spacial score (nSPS) is 14.4. The summed E-state index contributed by atoms with van der Waals surface area (Å²) >= 11 is 7.17. The number of rotatable bonds is 6. The first kappa shape index (κ1) is 16.4. The van der Waals surface area contributed by atoms with E-state index in [2.05, 4.69) is 40.7 Å². The van der Waals surface area contributed by atoms with E-state index in [1.165, 1.54) is 16.2 Å². The molecule has 0 unspecified atom stereocenters. The van der Waals surface area contributed by atoms with Crippen LogP contribution in [-0.2, 0) is 12.2 Å². The Hall–Kier alpha value is -0.000000000000000111. The van der Waals surface area contributed by atoms with Crippen LogP contribution in [0.4, 0.5) is 0 Å². The minimum atomic E-state index is 0.225. The fourth-order valence-corrected chi connectivity index (χ4v) is 5.38. The Morgan fingerprint density at radius 1 is 1.45 bits per heavy atom. The lowest BCUT2D eigenvalue weighted by atomic mass is 10.1. The fourth-order valence-electron chi connectivity index (χ4n) is 2.66. The van der Waals surface area contributed by atoms with Crippen molar-refractivity contribution in [1.29, 1.82) is 0 Å². The first-order valence-corrected chi connectivity index (χ1v) is 10.4. The summed E-state index contributed by atoms with van der Waals surface area (Å²) < 4.78 is 0. The maximum atomic E-state index is 12.8. The van der Waals surface area contributed by atoms with Gasteiger partial charge in [0.15, 0.2) is 0 Å². The van der Waals surface area contributed by atoms with Crippen LogP contribution in [0.15, 0.2) is 6.07 Å². The number of alkyl halides is 1. The summed E-state index contributed by atoms with van der Waals surface area (Å²) in [5.41, 5.74) is 1.39. The zero-order chi connectivity index (χ0) is 14.5. The zero-order valence-corrected chi connectivity index (χ0v) is 15.4. The number of amides is 1. The summed E-state index contributed by atoms with van der Waals surface area (Å²) in [6.07, 6.45) is 3.17. The molecule has 112 valence electrons. The number of hydrogen-bond donors (Lipinski definition) is 0. The number of aryl methyl sites for hydroxylation is 1. The number of hydrogen-bond acceptors (Lipinski definition) is 3. The van der Waals surface area contributed by atoms with Crippen molar-refractivity contribution in [2.24, 2.45) is 0 Å². The molecule has 1 aromatic rings. The Labute approximate surface area is 138 Å². The third-order valence-corrected chi connectivity index (χ3v) is 6.40. The molecule has 0 atom stereocenters. The second kappa shape index (κ2) is 7.85. The van der Waals surface area contributed by atoms with Gasteiger partial charge in [0.25, 0.3) is 5.91 Å². The predicted octanol–water partition coefficient (Wildman–Crippen LogP) is 4.56. The highest BCUT2D eigenvalue weighted by Crippen LogP contribution is 2.32. The third-order valence-electron chi connectivity index (χ3n) is 3.81. The minimum absolute atomic E-state index is 0.225. The maximum absolute atomic E-state index is 12.8. The number of carbonyl (C=O) groups excluding carboxylic acids is 1. The van der Waals surface area contributed by atoms with Crippen LogP contribution in [0.5, 0.6) is 0 Å². The van der Waals surface area contributed by atoms with E-state index in [-0.39, 0.29) is 5.91 Å². The van der Waals surface area contributed by atoms with Crippen molar-refractivity contribution in [1.82, 2.24) is 4.90 Å². The van der Waals surface area contributed by atoms with Crippen molar-refractivity contribution < 1.29 is 4.79 Å². The Balaban J connectivity index is 2.20. The molecule has 0 aromatic carbocycles. The molecule has 0 aliphatic carbocycles. The van der Waals surface area contributed by atoms with E-state index < -0.39 is 0 Å². The monoisotopic (exact) mass is 375 g/mol. The molecule has 0 bridgehead atoms. The minimum Gasteiger partial charge on any atom is -0.334 e. The van der Waals surface area contributed by atoms with E-state index in [4.69, 9.17) is 0 Å². The van der Waals surface area contributed by atoms with Crippen LogP contribution in [0, 0.1) is 0 Å². The molecule has 2 rings (SSSR count). The predicted molar refractivity (Wildman–Crippen MR) is 93.4 cm³/mol. The largest absolute Gasteiger partial charge is 0.334 e. The molecule has 0 spiro atoms. The van der Waals surface area contributed by atoms with Gasteiger partial charge < -0.3 is 4.90 Å². The second-order valence-electron chi connectivity index (χ2n) is 5.02. The van der Waals surface area contributed by atoms with Crippen LogP contribution in [0.25, 0.3) is 0 Å². The quantitative estimate of drug-likeness (QED) is 0.679. The molecule has 0 N–H and O–H groups in total. The van der Waals surface area contributed by atoms with Crippen LogP contribution in [0.2, 0.25) is 0 Å². The molecule has 0 saturated heterocycles. The molecule has 1 aliphatic rings. The number of thiophene rings is 1. The van der Waals surface area contributed by atoms with Crippen LogP contribution >= 0.6 is 39.0 Å². The van der Waals surface area contributed by atoms with Crippen molar-refractivity contribution in [3.63, 3.8) is 0 Å². The molecule has 0 radical (unpaired) electrons. The van der Waals surface area contributed by atoms with Crippen LogP contribution in [0.1, 0.15) is 46.8 Å². The average Bonchev–Trinajstić information content (AvgIpc) is 2.90. The van der Waals surface area contributed by atoms with Crippen molar-refractivity contribution in [3.05, 3.63) is 21.4 Å². The van der Waals surface area contributed by atoms with Crippen LogP contribution < -0.4 is 0 Å². The number of halogens is 1. The lowest BCUT2D eigenvalue weighted by Gasteiger charge is -2.29. The van der Waals surface area contributed by atoms with Gasteiger partial charge in [0.1, 0.15) is 0 Å². The van der Waals surface area contributed by atoms with E-state index in [0.717, 1.165) is 41.8 Å². The van der Waals surface area contributed by atoms with E-state index in [1.54, 1.807) is 11.3 Å². The lowest BCUT2D eigenvalue weighted by molar-refractivity contribution is 0.0688. The summed E-state index contributed by atoms with van der Waals surface area (Å²) in [4.78, 5) is 17.2. The highest BCUT2D eigenvalue weighted by molar-refractivity contribution is 9.09. The van der Waals surface area contributed by atoms with Gasteiger partial charge in [0, 0.05) is 28.5 Å². The number of fused-ring (bicyclic) bond motifs is 1. The van der Waals surface area contributed by atoms with Gasteiger partial charge in [-0.05, 0) is 36.6 Å². The number of carbonyl (C=O) groups is 1. The molecule has 5 heteroatoms. The Kier molecular flexibility index (Phi) is 6.43. The Bertz CT molecular complexity index is 433.